The third-order valence-corrected chi connectivity index (χ3v) is 5.89. The molecule has 2 saturated heterocycles. The number of piperidine rings is 2. The van der Waals surface area contributed by atoms with Crippen LogP contribution in [-0.4, -0.2) is 37.0 Å². The second-order valence-electron chi connectivity index (χ2n) is 6.24. The number of nitrogens with one attached hydrogen (secondary N) is 1. The van der Waals surface area contributed by atoms with Crippen molar-refractivity contribution >= 4 is 33.4 Å². The SMILES string of the molecule is O=C(c1ccc(Cl)c(Br)c1)N1CCCC2(CCCNC2)C1. The van der Waals surface area contributed by atoms with Crippen LogP contribution in [0.5, 0.6) is 0 Å². The average Bonchev–Trinajstić information content (AvgIpc) is 2.50. The first-order valence-electron chi connectivity index (χ1n) is 7.55. The van der Waals surface area contributed by atoms with Crippen LogP contribution in [0.25, 0.3) is 0 Å². The quantitative estimate of drug-likeness (QED) is 0.816. The third-order valence-electron chi connectivity index (χ3n) is 4.68. The van der Waals surface area contributed by atoms with Crippen LogP contribution in [-0.2, 0) is 0 Å². The molecular formula is C16H20BrClN2O. The molecule has 1 N–H and O–H groups in total. The summed E-state index contributed by atoms with van der Waals surface area (Å²) in [4.78, 5) is 14.8. The maximum Gasteiger partial charge on any atom is 0.253 e. The zero-order chi connectivity index (χ0) is 14.9. The number of carbonyl (C=O) groups is 1. The lowest BCUT2D eigenvalue weighted by Crippen LogP contribution is -2.52. The van der Waals surface area contributed by atoms with Crippen molar-refractivity contribution in [2.45, 2.75) is 25.7 Å². The van der Waals surface area contributed by atoms with Crippen molar-refractivity contribution in [3.8, 4) is 0 Å². The van der Waals surface area contributed by atoms with Crippen LogP contribution in [0.1, 0.15) is 36.0 Å². The second-order valence-corrected chi connectivity index (χ2v) is 7.50. The molecule has 3 nitrogen and oxygen atoms in total. The van der Waals surface area contributed by atoms with Gasteiger partial charge >= 0.3 is 0 Å². The second kappa shape index (κ2) is 6.27. The molecule has 0 radical (unpaired) electrons. The third kappa shape index (κ3) is 3.27. The molecule has 114 valence electrons. The van der Waals surface area contributed by atoms with Gasteiger partial charge in [-0.2, -0.15) is 0 Å². The van der Waals surface area contributed by atoms with E-state index in [1.165, 1.54) is 19.3 Å². The molecule has 1 amide bonds. The largest absolute Gasteiger partial charge is 0.338 e. The number of hydrogen-bond donors (Lipinski definition) is 1. The molecule has 0 saturated carbocycles. The fourth-order valence-electron chi connectivity index (χ4n) is 3.57. The fraction of sp³-hybridized carbons (Fsp3) is 0.562. The van der Waals surface area contributed by atoms with Crippen LogP contribution in [0.4, 0.5) is 0 Å². The van der Waals surface area contributed by atoms with E-state index in [1.807, 2.05) is 17.0 Å². The summed E-state index contributed by atoms with van der Waals surface area (Å²) in [5.41, 5.74) is 1.00. The number of likely N-dealkylation sites (tertiary alicyclic amines) is 1. The number of rotatable bonds is 1. The van der Waals surface area contributed by atoms with Gasteiger partial charge in [-0.3, -0.25) is 4.79 Å². The molecule has 2 aliphatic heterocycles. The van der Waals surface area contributed by atoms with Crippen molar-refractivity contribution in [1.29, 1.82) is 0 Å². The molecule has 0 aliphatic carbocycles. The molecule has 5 heteroatoms. The van der Waals surface area contributed by atoms with Crippen LogP contribution < -0.4 is 5.32 Å². The van der Waals surface area contributed by atoms with Gasteiger partial charge in [0, 0.05) is 35.1 Å². The Hall–Kier alpha value is -0.580. The van der Waals surface area contributed by atoms with Crippen molar-refractivity contribution in [2.24, 2.45) is 5.41 Å². The van der Waals surface area contributed by atoms with E-state index in [1.54, 1.807) is 6.07 Å². The molecule has 1 aromatic rings. The minimum atomic E-state index is 0.122. The summed E-state index contributed by atoms with van der Waals surface area (Å²) in [5.74, 6) is 0.122. The molecule has 21 heavy (non-hydrogen) atoms. The Labute approximate surface area is 139 Å². The van der Waals surface area contributed by atoms with E-state index in [2.05, 4.69) is 21.2 Å². The summed E-state index contributed by atoms with van der Waals surface area (Å²) in [6.45, 7) is 3.89. The van der Waals surface area contributed by atoms with E-state index >= 15 is 0 Å². The first kappa shape index (κ1) is 15.3. The minimum absolute atomic E-state index is 0.122. The minimum Gasteiger partial charge on any atom is -0.338 e. The molecule has 1 atom stereocenters. The number of hydrogen-bond acceptors (Lipinski definition) is 2. The lowest BCUT2D eigenvalue weighted by Gasteiger charge is -2.45. The van der Waals surface area contributed by atoms with E-state index in [0.29, 0.717) is 10.6 Å². The molecule has 2 fully saturated rings. The van der Waals surface area contributed by atoms with E-state index in [4.69, 9.17) is 11.6 Å². The Morgan fingerprint density at radius 2 is 2.14 bits per heavy atom. The fourth-order valence-corrected chi connectivity index (χ4v) is 4.07. The molecule has 1 aromatic carbocycles. The first-order chi connectivity index (χ1) is 10.1. The topological polar surface area (TPSA) is 32.3 Å². The Morgan fingerprint density at radius 3 is 2.86 bits per heavy atom. The van der Waals surface area contributed by atoms with Crippen molar-refractivity contribution in [3.63, 3.8) is 0 Å². The molecule has 2 aliphatic rings. The molecule has 3 rings (SSSR count). The monoisotopic (exact) mass is 370 g/mol. The van der Waals surface area contributed by atoms with Gasteiger partial charge < -0.3 is 10.2 Å². The van der Waals surface area contributed by atoms with Crippen LogP contribution in [0.3, 0.4) is 0 Å². The van der Waals surface area contributed by atoms with Crippen LogP contribution in [0.15, 0.2) is 22.7 Å². The zero-order valence-electron chi connectivity index (χ0n) is 12.0. The Kier molecular flexibility index (Phi) is 4.57. The van der Waals surface area contributed by atoms with Crippen molar-refractivity contribution < 1.29 is 4.79 Å². The number of benzene rings is 1. The highest BCUT2D eigenvalue weighted by Gasteiger charge is 2.38. The number of halogens is 2. The molecule has 0 aromatic heterocycles. The molecule has 1 unspecified atom stereocenters. The lowest BCUT2D eigenvalue weighted by atomic mass is 9.74. The van der Waals surface area contributed by atoms with Gasteiger partial charge in [-0.1, -0.05) is 11.6 Å². The Bertz CT molecular complexity index is 538. The highest BCUT2D eigenvalue weighted by atomic mass is 79.9. The highest BCUT2D eigenvalue weighted by Crippen LogP contribution is 2.36. The normalized spacial score (nSPS) is 26.1. The summed E-state index contributed by atoms with van der Waals surface area (Å²) in [5, 5.41) is 4.14. The molecule has 2 heterocycles. The summed E-state index contributed by atoms with van der Waals surface area (Å²) in [7, 11) is 0. The standard InChI is InChI=1S/C16H20BrClN2O/c17-13-9-12(3-4-14(13)18)15(21)20-8-2-6-16(11-20)5-1-7-19-10-16/h3-4,9,19H,1-2,5-8,10-11H2. The van der Waals surface area contributed by atoms with Gasteiger partial charge in [-0.05, 0) is 66.4 Å². The van der Waals surface area contributed by atoms with Crippen molar-refractivity contribution in [3.05, 3.63) is 33.3 Å². The van der Waals surface area contributed by atoms with Gasteiger partial charge in [0.05, 0.1) is 5.02 Å². The number of carbonyl (C=O) groups excluding carboxylic acids is 1. The van der Waals surface area contributed by atoms with Gasteiger partial charge in [0.15, 0.2) is 0 Å². The number of amides is 1. The zero-order valence-corrected chi connectivity index (χ0v) is 14.3. The number of nitrogens with zero attached hydrogens (tertiary/aromatic N) is 1. The van der Waals surface area contributed by atoms with Crippen LogP contribution in [0.2, 0.25) is 5.02 Å². The Balaban J connectivity index is 1.76. The van der Waals surface area contributed by atoms with Crippen LogP contribution in [0, 0.1) is 5.41 Å². The average molecular weight is 372 g/mol. The van der Waals surface area contributed by atoms with E-state index in [0.717, 1.165) is 37.1 Å². The van der Waals surface area contributed by atoms with Gasteiger partial charge in [0.1, 0.15) is 0 Å². The maximum absolute atomic E-state index is 12.7. The lowest BCUT2D eigenvalue weighted by molar-refractivity contribution is 0.0434. The van der Waals surface area contributed by atoms with Gasteiger partial charge in [0.2, 0.25) is 0 Å². The smallest absolute Gasteiger partial charge is 0.253 e. The van der Waals surface area contributed by atoms with E-state index in [9.17, 15) is 4.79 Å². The Morgan fingerprint density at radius 1 is 1.33 bits per heavy atom. The molecule has 0 bridgehead atoms. The summed E-state index contributed by atoms with van der Waals surface area (Å²) >= 11 is 9.40. The predicted molar refractivity (Wildman–Crippen MR) is 88.8 cm³/mol. The summed E-state index contributed by atoms with van der Waals surface area (Å²) in [6.07, 6.45) is 4.78. The van der Waals surface area contributed by atoms with Gasteiger partial charge in [0.25, 0.3) is 5.91 Å². The van der Waals surface area contributed by atoms with Crippen molar-refractivity contribution in [2.75, 3.05) is 26.2 Å². The highest BCUT2D eigenvalue weighted by molar-refractivity contribution is 9.10. The van der Waals surface area contributed by atoms with E-state index in [-0.39, 0.29) is 11.3 Å². The maximum atomic E-state index is 12.7. The summed E-state index contributed by atoms with van der Waals surface area (Å²) < 4.78 is 0.779. The van der Waals surface area contributed by atoms with Crippen LogP contribution >= 0.6 is 27.5 Å². The van der Waals surface area contributed by atoms with Crippen molar-refractivity contribution in [1.82, 2.24) is 10.2 Å². The van der Waals surface area contributed by atoms with Gasteiger partial charge in [-0.15, -0.1) is 0 Å². The predicted octanol–water partition coefficient (Wildman–Crippen LogP) is 3.71. The molecular weight excluding hydrogens is 352 g/mol. The van der Waals surface area contributed by atoms with E-state index < -0.39 is 0 Å². The van der Waals surface area contributed by atoms with Gasteiger partial charge in [-0.25, -0.2) is 0 Å². The first-order valence-corrected chi connectivity index (χ1v) is 8.72. The summed E-state index contributed by atoms with van der Waals surface area (Å²) in [6, 6.07) is 5.42. The molecule has 1 spiro atoms.